The van der Waals surface area contributed by atoms with Gasteiger partial charge < -0.3 is 14.5 Å². The van der Waals surface area contributed by atoms with Crippen LogP contribution in [0.2, 0.25) is 5.02 Å². The summed E-state index contributed by atoms with van der Waals surface area (Å²) in [7, 11) is 0. The molecule has 0 aliphatic carbocycles. The lowest BCUT2D eigenvalue weighted by Crippen LogP contribution is -2.51. The molecular formula is C26H30ClFN2O3. The summed E-state index contributed by atoms with van der Waals surface area (Å²) in [5, 5.41) is 0.518. The number of rotatable bonds is 6. The van der Waals surface area contributed by atoms with Gasteiger partial charge in [-0.3, -0.25) is 9.59 Å². The van der Waals surface area contributed by atoms with Crippen molar-refractivity contribution in [2.45, 2.75) is 38.5 Å². The quantitative estimate of drug-likeness (QED) is 0.581. The van der Waals surface area contributed by atoms with E-state index in [1.54, 1.807) is 36.4 Å². The molecule has 176 valence electrons. The van der Waals surface area contributed by atoms with Crippen LogP contribution >= 0.6 is 11.6 Å². The smallest absolute Gasteiger partial charge is 0.253 e. The average Bonchev–Trinajstić information content (AvgIpc) is 2.84. The predicted molar refractivity (Wildman–Crippen MR) is 126 cm³/mol. The molecule has 1 atom stereocenters. The molecule has 5 nitrogen and oxygen atoms in total. The van der Waals surface area contributed by atoms with E-state index in [1.807, 2.05) is 9.80 Å². The van der Waals surface area contributed by atoms with Crippen LogP contribution in [0.1, 0.15) is 48.9 Å². The molecule has 2 aromatic rings. The zero-order valence-corrected chi connectivity index (χ0v) is 19.5. The number of piperidine rings is 2. The van der Waals surface area contributed by atoms with E-state index in [-0.39, 0.29) is 24.2 Å². The molecule has 0 radical (unpaired) electrons. The van der Waals surface area contributed by atoms with Gasteiger partial charge >= 0.3 is 0 Å². The fourth-order valence-electron chi connectivity index (χ4n) is 4.84. The normalized spacial score (nSPS) is 21.0. The predicted octanol–water partition coefficient (Wildman–Crippen LogP) is 5.18. The minimum Gasteiger partial charge on any atom is -0.493 e. The highest BCUT2D eigenvalue weighted by molar-refractivity contribution is 6.30. The Balaban J connectivity index is 1.53. The molecule has 33 heavy (non-hydrogen) atoms. The highest BCUT2D eigenvalue weighted by Crippen LogP contribution is 2.36. The van der Waals surface area contributed by atoms with Crippen LogP contribution in [0.25, 0.3) is 0 Å². The Bertz CT molecular complexity index is 978. The number of carbonyl (C=O) groups is 2. The number of nitrogens with zero attached hydrogens (tertiary/aromatic N) is 2. The van der Waals surface area contributed by atoms with Crippen molar-refractivity contribution in [3.63, 3.8) is 0 Å². The number of benzene rings is 2. The fourth-order valence-corrected chi connectivity index (χ4v) is 5.03. The Labute approximate surface area is 199 Å². The Kier molecular flexibility index (Phi) is 7.53. The summed E-state index contributed by atoms with van der Waals surface area (Å²) in [5.41, 5.74) is 0.0372. The minimum atomic E-state index is -0.505. The van der Waals surface area contributed by atoms with Crippen molar-refractivity contribution in [1.29, 1.82) is 0 Å². The summed E-state index contributed by atoms with van der Waals surface area (Å²) in [6.07, 6.45) is 5.12. The van der Waals surface area contributed by atoms with Gasteiger partial charge in [-0.05, 0) is 74.6 Å². The monoisotopic (exact) mass is 472 g/mol. The van der Waals surface area contributed by atoms with Crippen molar-refractivity contribution in [2.24, 2.45) is 5.41 Å². The van der Waals surface area contributed by atoms with E-state index < -0.39 is 5.41 Å². The van der Waals surface area contributed by atoms with Crippen molar-refractivity contribution in [2.75, 3.05) is 32.8 Å². The van der Waals surface area contributed by atoms with Gasteiger partial charge in [0, 0.05) is 48.6 Å². The highest BCUT2D eigenvalue weighted by atomic mass is 35.5. The summed E-state index contributed by atoms with van der Waals surface area (Å²) in [6.45, 7) is 2.93. The molecule has 2 saturated heterocycles. The van der Waals surface area contributed by atoms with Gasteiger partial charge in [-0.15, -0.1) is 0 Å². The molecule has 2 fully saturated rings. The van der Waals surface area contributed by atoms with Gasteiger partial charge in [0.15, 0.2) is 0 Å². The lowest BCUT2D eigenvalue weighted by molar-refractivity contribution is -0.136. The standard InChI is InChI=1S/C26H30ClFN2O3/c27-21-7-4-6-20(16-21)25(32)30-15-5-12-26(18-30,17-24(31)29-13-2-1-3-14-29)19-33-23-10-8-22(28)9-11-23/h4,6-11,16H,1-3,5,12-15,17-19H2/t26-/m0/s1. The van der Waals surface area contributed by atoms with Crippen LogP contribution in [-0.2, 0) is 4.79 Å². The number of ether oxygens (including phenoxy) is 1. The number of hydrogen-bond acceptors (Lipinski definition) is 3. The Morgan fingerprint density at radius 3 is 2.42 bits per heavy atom. The van der Waals surface area contributed by atoms with Gasteiger partial charge in [0.25, 0.3) is 5.91 Å². The van der Waals surface area contributed by atoms with Crippen LogP contribution in [-0.4, -0.2) is 54.4 Å². The van der Waals surface area contributed by atoms with Crippen LogP contribution < -0.4 is 4.74 Å². The van der Waals surface area contributed by atoms with E-state index in [0.717, 1.165) is 45.2 Å². The third-order valence-electron chi connectivity index (χ3n) is 6.61. The maximum Gasteiger partial charge on any atom is 0.253 e. The minimum absolute atomic E-state index is 0.0891. The maximum absolute atomic E-state index is 13.3. The Hall–Kier alpha value is -2.60. The first kappa shape index (κ1) is 23.6. The third kappa shape index (κ3) is 6.05. The van der Waals surface area contributed by atoms with Gasteiger partial charge in [0.2, 0.25) is 5.91 Å². The molecular weight excluding hydrogens is 443 g/mol. The van der Waals surface area contributed by atoms with E-state index in [4.69, 9.17) is 16.3 Å². The maximum atomic E-state index is 13.3. The van der Waals surface area contributed by atoms with E-state index in [2.05, 4.69) is 0 Å². The number of carbonyl (C=O) groups excluding carboxylic acids is 2. The zero-order valence-electron chi connectivity index (χ0n) is 18.8. The largest absolute Gasteiger partial charge is 0.493 e. The van der Waals surface area contributed by atoms with Crippen molar-refractivity contribution >= 4 is 23.4 Å². The Morgan fingerprint density at radius 2 is 1.70 bits per heavy atom. The van der Waals surface area contributed by atoms with Crippen molar-refractivity contribution in [3.8, 4) is 5.75 Å². The average molecular weight is 473 g/mol. The van der Waals surface area contributed by atoms with Gasteiger partial charge in [-0.1, -0.05) is 17.7 Å². The molecule has 2 heterocycles. The van der Waals surface area contributed by atoms with Gasteiger partial charge in [-0.25, -0.2) is 4.39 Å². The SMILES string of the molecule is O=C(C[C@@]1(COc2ccc(F)cc2)CCCN(C(=O)c2cccc(Cl)c2)C1)N1CCCCC1. The van der Waals surface area contributed by atoms with E-state index in [0.29, 0.717) is 35.8 Å². The molecule has 4 rings (SSSR count). The number of halogens is 2. The van der Waals surface area contributed by atoms with Crippen molar-refractivity contribution < 1.29 is 18.7 Å². The molecule has 0 N–H and O–H groups in total. The van der Waals surface area contributed by atoms with Gasteiger partial charge in [0.05, 0.1) is 6.61 Å². The van der Waals surface area contributed by atoms with Crippen LogP contribution in [0.15, 0.2) is 48.5 Å². The molecule has 2 aliphatic rings. The Morgan fingerprint density at radius 1 is 0.970 bits per heavy atom. The molecule has 2 aliphatic heterocycles. The lowest BCUT2D eigenvalue weighted by atomic mass is 9.77. The topological polar surface area (TPSA) is 49.9 Å². The first-order valence-corrected chi connectivity index (χ1v) is 12.0. The molecule has 0 unspecified atom stereocenters. The van der Waals surface area contributed by atoms with Crippen LogP contribution in [0.5, 0.6) is 5.75 Å². The number of amides is 2. The number of hydrogen-bond donors (Lipinski definition) is 0. The van der Waals surface area contributed by atoms with Crippen LogP contribution in [0.4, 0.5) is 4.39 Å². The number of likely N-dealkylation sites (tertiary alicyclic amines) is 2. The van der Waals surface area contributed by atoms with Gasteiger partial charge in [-0.2, -0.15) is 0 Å². The molecule has 0 aromatic heterocycles. The third-order valence-corrected chi connectivity index (χ3v) is 6.85. The van der Waals surface area contributed by atoms with E-state index >= 15 is 0 Å². The second-order valence-electron chi connectivity index (χ2n) is 9.20. The lowest BCUT2D eigenvalue weighted by Gasteiger charge is -2.43. The second kappa shape index (κ2) is 10.6. The van der Waals surface area contributed by atoms with E-state index in [1.165, 1.54) is 12.1 Å². The molecule has 0 saturated carbocycles. The summed E-state index contributed by atoms with van der Waals surface area (Å²) < 4.78 is 19.4. The second-order valence-corrected chi connectivity index (χ2v) is 9.64. The summed E-state index contributed by atoms with van der Waals surface area (Å²) in [6, 6.07) is 12.8. The summed E-state index contributed by atoms with van der Waals surface area (Å²) in [4.78, 5) is 30.2. The molecule has 2 amide bonds. The fraction of sp³-hybridized carbons (Fsp3) is 0.462. The first-order chi connectivity index (χ1) is 15.9. The molecule has 0 spiro atoms. The highest BCUT2D eigenvalue weighted by Gasteiger charge is 2.41. The molecule has 2 aromatic carbocycles. The van der Waals surface area contributed by atoms with Crippen molar-refractivity contribution in [1.82, 2.24) is 9.80 Å². The molecule has 0 bridgehead atoms. The zero-order chi connectivity index (χ0) is 23.3. The van der Waals surface area contributed by atoms with E-state index in [9.17, 15) is 14.0 Å². The van der Waals surface area contributed by atoms with Crippen molar-refractivity contribution in [3.05, 3.63) is 64.9 Å². The van der Waals surface area contributed by atoms with Crippen LogP contribution in [0.3, 0.4) is 0 Å². The molecule has 7 heteroatoms. The van der Waals surface area contributed by atoms with Gasteiger partial charge in [0.1, 0.15) is 11.6 Å². The van der Waals surface area contributed by atoms with Crippen LogP contribution in [0, 0.1) is 11.2 Å². The first-order valence-electron chi connectivity index (χ1n) is 11.7. The summed E-state index contributed by atoms with van der Waals surface area (Å²) in [5.74, 6) is 0.260. The summed E-state index contributed by atoms with van der Waals surface area (Å²) >= 11 is 6.10.